The summed E-state index contributed by atoms with van der Waals surface area (Å²) in [4.78, 5) is 20.3. The number of benzene rings is 1. The Labute approximate surface area is 168 Å². The van der Waals surface area contributed by atoms with E-state index in [4.69, 9.17) is 0 Å². The van der Waals surface area contributed by atoms with Crippen LogP contribution in [0.15, 0.2) is 42.7 Å². The Morgan fingerprint density at radius 3 is 3.00 bits per heavy atom. The van der Waals surface area contributed by atoms with Gasteiger partial charge in [-0.3, -0.25) is 4.79 Å². The van der Waals surface area contributed by atoms with Crippen molar-refractivity contribution in [2.75, 3.05) is 31.6 Å². The van der Waals surface area contributed by atoms with E-state index in [1.54, 1.807) is 0 Å². The molecule has 7 nitrogen and oxygen atoms in total. The lowest BCUT2D eigenvalue weighted by atomic mass is 10.1. The minimum absolute atomic E-state index is 0.254. The summed E-state index contributed by atoms with van der Waals surface area (Å²) in [5, 5.41) is 13.5. The van der Waals surface area contributed by atoms with Crippen LogP contribution in [0, 0.1) is 0 Å². The van der Waals surface area contributed by atoms with Gasteiger partial charge in [0, 0.05) is 54.9 Å². The smallest absolute Gasteiger partial charge is 0.286 e. The van der Waals surface area contributed by atoms with E-state index in [0.717, 1.165) is 41.2 Å². The van der Waals surface area contributed by atoms with Gasteiger partial charge in [0.15, 0.2) is 0 Å². The van der Waals surface area contributed by atoms with E-state index >= 15 is 0 Å². The molecule has 0 saturated carbocycles. The number of aromatic nitrogens is 3. The second-order valence-corrected chi connectivity index (χ2v) is 8.22. The molecule has 0 radical (unpaired) electrons. The molecule has 1 saturated heterocycles. The Morgan fingerprint density at radius 2 is 2.18 bits per heavy atom. The number of rotatable bonds is 5. The van der Waals surface area contributed by atoms with Crippen molar-refractivity contribution in [1.82, 2.24) is 25.4 Å². The zero-order valence-corrected chi connectivity index (χ0v) is 16.9. The molecular weight excluding hydrogens is 372 g/mol. The highest BCUT2D eigenvalue weighted by Gasteiger charge is 2.24. The van der Waals surface area contributed by atoms with Crippen LogP contribution in [0.2, 0.25) is 0 Å². The first-order chi connectivity index (χ1) is 13.5. The number of hydrogen-bond donors (Lipinski definition) is 2. The van der Waals surface area contributed by atoms with E-state index < -0.39 is 0 Å². The third-order valence-corrected chi connectivity index (χ3v) is 6.19. The minimum Gasteiger partial charge on any atom is -0.361 e. The number of anilines is 1. The second-order valence-electron chi connectivity index (χ2n) is 7.26. The predicted molar refractivity (Wildman–Crippen MR) is 113 cm³/mol. The Morgan fingerprint density at radius 1 is 1.36 bits per heavy atom. The highest BCUT2D eigenvalue weighted by molar-refractivity contribution is 7.17. The number of piperazine rings is 1. The maximum Gasteiger partial charge on any atom is 0.286 e. The van der Waals surface area contributed by atoms with Crippen LogP contribution in [-0.2, 0) is 6.42 Å². The lowest BCUT2D eigenvalue weighted by Gasteiger charge is -2.37. The summed E-state index contributed by atoms with van der Waals surface area (Å²) in [6, 6.07) is 8.54. The van der Waals surface area contributed by atoms with Gasteiger partial charge >= 0.3 is 0 Å². The largest absolute Gasteiger partial charge is 0.361 e. The summed E-state index contributed by atoms with van der Waals surface area (Å²) in [5.41, 5.74) is 2.82. The molecule has 0 spiro atoms. The number of para-hydroxylation sites is 1. The summed E-state index contributed by atoms with van der Waals surface area (Å²) >= 11 is 1.33. The number of carbonyl (C=O) groups excluding carboxylic acids is 1. The fraction of sp³-hybridized carbons (Fsp3) is 0.350. The van der Waals surface area contributed by atoms with Crippen molar-refractivity contribution in [3.05, 3.63) is 53.3 Å². The van der Waals surface area contributed by atoms with Crippen molar-refractivity contribution in [1.29, 1.82) is 0 Å². The molecule has 1 fully saturated rings. The molecule has 2 N–H and O–H groups in total. The molecule has 3 aromatic rings. The average Bonchev–Trinajstić information content (AvgIpc) is 3.32. The van der Waals surface area contributed by atoms with E-state index in [0.29, 0.717) is 23.2 Å². The van der Waals surface area contributed by atoms with Gasteiger partial charge in [-0.05, 0) is 25.6 Å². The van der Waals surface area contributed by atoms with E-state index in [1.807, 2.05) is 24.4 Å². The van der Waals surface area contributed by atoms with Crippen LogP contribution in [-0.4, -0.2) is 58.7 Å². The van der Waals surface area contributed by atoms with Gasteiger partial charge in [-0.25, -0.2) is 0 Å². The van der Waals surface area contributed by atoms with Crippen LogP contribution < -0.4 is 10.2 Å². The van der Waals surface area contributed by atoms with E-state index in [2.05, 4.69) is 56.9 Å². The van der Waals surface area contributed by atoms with Gasteiger partial charge in [0.25, 0.3) is 5.91 Å². The topological polar surface area (TPSA) is 77.1 Å². The number of nitrogens with zero attached hydrogens (tertiary/aromatic N) is 4. The molecule has 28 heavy (non-hydrogen) atoms. The molecule has 1 unspecified atom stereocenters. The SMILES string of the molecule is C=C(Cc1c[nH]c2ccccc12)NC(=O)c1nnc(N2CCN(C)C(C)C2)s1. The number of carbonyl (C=O) groups is 1. The average molecular weight is 397 g/mol. The van der Waals surface area contributed by atoms with Gasteiger partial charge in [0.05, 0.1) is 0 Å². The van der Waals surface area contributed by atoms with Gasteiger partial charge in [-0.1, -0.05) is 36.1 Å². The maximum absolute atomic E-state index is 12.6. The van der Waals surface area contributed by atoms with Crippen molar-refractivity contribution >= 4 is 33.3 Å². The van der Waals surface area contributed by atoms with E-state index in [9.17, 15) is 4.79 Å². The molecule has 1 aliphatic rings. The number of amides is 1. The van der Waals surface area contributed by atoms with Crippen molar-refractivity contribution in [3.8, 4) is 0 Å². The van der Waals surface area contributed by atoms with Crippen LogP contribution in [0.1, 0.15) is 22.3 Å². The van der Waals surface area contributed by atoms with Crippen LogP contribution in [0.5, 0.6) is 0 Å². The van der Waals surface area contributed by atoms with Gasteiger partial charge in [0.2, 0.25) is 10.1 Å². The molecule has 2 aromatic heterocycles. The number of hydrogen-bond acceptors (Lipinski definition) is 6. The van der Waals surface area contributed by atoms with Crippen molar-refractivity contribution in [3.63, 3.8) is 0 Å². The molecule has 0 bridgehead atoms. The fourth-order valence-corrected chi connectivity index (χ4v) is 4.20. The standard InChI is InChI=1S/C20H24N6OS/c1-13(10-15-11-21-17-7-5-4-6-16(15)17)22-18(27)19-23-24-20(28-19)26-9-8-25(3)14(2)12-26/h4-7,11,14,21H,1,8-10,12H2,2-3H3,(H,22,27). The molecule has 8 heteroatoms. The Kier molecular flexibility index (Phi) is 5.15. The fourth-order valence-electron chi connectivity index (χ4n) is 3.42. The number of H-pyrrole nitrogens is 1. The number of likely N-dealkylation sites (N-methyl/N-ethyl adjacent to an activating group) is 1. The van der Waals surface area contributed by atoms with Crippen LogP contribution in [0.4, 0.5) is 5.13 Å². The molecule has 1 amide bonds. The van der Waals surface area contributed by atoms with Crippen LogP contribution in [0.3, 0.4) is 0 Å². The van der Waals surface area contributed by atoms with Crippen molar-refractivity contribution < 1.29 is 4.79 Å². The van der Waals surface area contributed by atoms with E-state index in [-0.39, 0.29) is 5.91 Å². The summed E-state index contributed by atoms with van der Waals surface area (Å²) < 4.78 is 0. The van der Waals surface area contributed by atoms with Gasteiger partial charge < -0.3 is 20.1 Å². The Balaban J connectivity index is 1.38. The first-order valence-corrected chi connectivity index (χ1v) is 10.2. The van der Waals surface area contributed by atoms with Gasteiger partial charge in [-0.2, -0.15) is 0 Å². The molecule has 1 atom stereocenters. The van der Waals surface area contributed by atoms with Gasteiger partial charge in [-0.15, -0.1) is 10.2 Å². The molecule has 4 rings (SSSR count). The molecule has 146 valence electrons. The summed E-state index contributed by atoms with van der Waals surface area (Å²) in [7, 11) is 2.13. The first-order valence-electron chi connectivity index (χ1n) is 9.34. The maximum atomic E-state index is 12.6. The van der Waals surface area contributed by atoms with Crippen LogP contribution >= 0.6 is 11.3 Å². The zero-order valence-electron chi connectivity index (χ0n) is 16.1. The number of allylic oxidation sites excluding steroid dienone is 1. The number of aromatic amines is 1. The quantitative estimate of drug-likeness (QED) is 0.693. The number of nitrogens with one attached hydrogen (secondary N) is 2. The summed E-state index contributed by atoms with van der Waals surface area (Å²) in [6.07, 6.45) is 2.52. The second kappa shape index (κ2) is 7.73. The summed E-state index contributed by atoms with van der Waals surface area (Å²) in [5.74, 6) is -0.254. The van der Waals surface area contributed by atoms with Crippen LogP contribution in [0.25, 0.3) is 10.9 Å². The molecule has 0 aliphatic carbocycles. The van der Waals surface area contributed by atoms with Crippen molar-refractivity contribution in [2.45, 2.75) is 19.4 Å². The lowest BCUT2D eigenvalue weighted by molar-refractivity contribution is 0.0964. The molecule has 1 aliphatic heterocycles. The first kappa shape index (κ1) is 18.6. The third kappa shape index (κ3) is 3.79. The lowest BCUT2D eigenvalue weighted by Crippen LogP contribution is -2.50. The highest BCUT2D eigenvalue weighted by atomic mass is 32.1. The highest BCUT2D eigenvalue weighted by Crippen LogP contribution is 2.23. The van der Waals surface area contributed by atoms with Crippen molar-refractivity contribution in [2.24, 2.45) is 0 Å². The van der Waals surface area contributed by atoms with Gasteiger partial charge in [0.1, 0.15) is 0 Å². The third-order valence-electron chi connectivity index (χ3n) is 5.21. The Hall–Kier alpha value is -2.71. The Bertz CT molecular complexity index is 1010. The predicted octanol–water partition coefficient (Wildman–Crippen LogP) is 2.65. The number of fused-ring (bicyclic) bond motifs is 1. The van der Waals surface area contributed by atoms with E-state index in [1.165, 1.54) is 11.3 Å². The summed E-state index contributed by atoms with van der Waals surface area (Å²) in [6.45, 7) is 8.96. The molecule has 3 heterocycles. The normalized spacial score (nSPS) is 17.8. The molecular formula is C20H24N6OS. The monoisotopic (exact) mass is 396 g/mol. The minimum atomic E-state index is -0.254. The molecule has 1 aromatic carbocycles. The zero-order chi connectivity index (χ0) is 19.7.